The van der Waals surface area contributed by atoms with Crippen LogP contribution in [0.1, 0.15) is 31.4 Å². The van der Waals surface area contributed by atoms with Gasteiger partial charge in [-0.25, -0.2) is 4.98 Å². The fourth-order valence-electron chi connectivity index (χ4n) is 2.63. The summed E-state index contributed by atoms with van der Waals surface area (Å²) in [4.78, 5) is 6.63. The first-order valence-electron chi connectivity index (χ1n) is 6.50. The quantitative estimate of drug-likeness (QED) is 0.876. The Hall–Kier alpha value is -2.29. The lowest BCUT2D eigenvalue weighted by molar-refractivity contribution is 0.623. The van der Waals surface area contributed by atoms with Crippen LogP contribution in [-0.4, -0.2) is 27.2 Å². The number of nitrogens with two attached hydrogens (primary N) is 1. The summed E-state index contributed by atoms with van der Waals surface area (Å²) in [5, 5.41) is 13.4. The molecule has 3 rings (SSSR count). The Balaban J connectivity index is 2.28. The van der Waals surface area contributed by atoms with Crippen molar-refractivity contribution >= 4 is 17.3 Å². The van der Waals surface area contributed by atoms with Gasteiger partial charge in [0, 0.05) is 18.2 Å². The number of anilines is 2. The summed E-state index contributed by atoms with van der Waals surface area (Å²) in [6.07, 6.45) is 3.49. The summed E-state index contributed by atoms with van der Waals surface area (Å²) in [7, 11) is 0. The Morgan fingerprint density at radius 2 is 2.37 bits per heavy atom. The van der Waals surface area contributed by atoms with Crippen molar-refractivity contribution in [2.75, 3.05) is 17.2 Å². The number of hydrogen-bond donors (Lipinski definition) is 1. The van der Waals surface area contributed by atoms with E-state index in [1.807, 2.05) is 0 Å². The second-order valence-electron chi connectivity index (χ2n) is 4.91. The Bertz CT molecular complexity index is 680. The molecule has 0 spiro atoms. The Morgan fingerprint density at radius 3 is 3.05 bits per heavy atom. The number of nitriles is 1. The van der Waals surface area contributed by atoms with Crippen LogP contribution in [0.5, 0.6) is 0 Å². The molecule has 3 heterocycles. The average molecular weight is 256 g/mol. The highest BCUT2D eigenvalue weighted by Gasteiger charge is 2.29. The highest BCUT2D eigenvalue weighted by Crippen LogP contribution is 2.34. The van der Waals surface area contributed by atoms with Crippen molar-refractivity contribution < 1.29 is 0 Å². The predicted molar refractivity (Wildman–Crippen MR) is 72.9 cm³/mol. The first-order valence-corrected chi connectivity index (χ1v) is 6.50. The summed E-state index contributed by atoms with van der Waals surface area (Å²) >= 11 is 0. The molecule has 0 saturated carbocycles. The molecular weight excluding hydrogens is 240 g/mol. The second-order valence-corrected chi connectivity index (χ2v) is 4.91. The van der Waals surface area contributed by atoms with Gasteiger partial charge in [-0.15, -0.1) is 0 Å². The van der Waals surface area contributed by atoms with Gasteiger partial charge in [-0.2, -0.15) is 14.9 Å². The number of rotatable bonds is 2. The summed E-state index contributed by atoms with van der Waals surface area (Å²) in [6.45, 7) is 5.28. The van der Waals surface area contributed by atoms with Gasteiger partial charge in [-0.05, 0) is 19.8 Å². The van der Waals surface area contributed by atoms with E-state index in [2.05, 4.69) is 34.9 Å². The van der Waals surface area contributed by atoms with Crippen LogP contribution in [0.4, 0.5) is 11.6 Å². The third-order valence-corrected chi connectivity index (χ3v) is 3.87. The molecule has 1 unspecified atom stereocenters. The molecule has 6 heteroatoms. The molecule has 98 valence electrons. The van der Waals surface area contributed by atoms with Gasteiger partial charge in [0.25, 0.3) is 0 Å². The van der Waals surface area contributed by atoms with Gasteiger partial charge < -0.3 is 10.6 Å². The molecule has 1 aliphatic heterocycles. The Labute approximate surface area is 111 Å². The first kappa shape index (κ1) is 11.8. The van der Waals surface area contributed by atoms with Gasteiger partial charge >= 0.3 is 0 Å². The van der Waals surface area contributed by atoms with Crippen molar-refractivity contribution in [1.82, 2.24) is 14.6 Å². The van der Waals surface area contributed by atoms with Crippen molar-refractivity contribution in [2.24, 2.45) is 0 Å². The van der Waals surface area contributed by atoms with Crippen LogP contribution in [0.3, 0.4) is 0 Å². The molecule has 2 aromatic heterocycles. The van der Waals surface area contributed by atoms with E-state index in [0.717, 1.165) is 30.8 Å². The molecule has 1 aliphatic rings. The molecular formula is C13H16N6. The largest absolute Gasteiger partial charge is 0.383 e. The van der Waals surface area contributed by atoms with Crippen LogP contribution in [0.2, 0.25) is 0 Å². The Morgan fingerprint density at radius 1 is 1.58 bits per heavy atom. The van der Waals surface area contributed by atoms with Gasteiger partial charge in [-0.1, -0.05) is 6.92 Å². The van der Waals surface area contributed by atoms with E-state index in [1.54, 1.807) is 10.7 Å². The fourth-order valence-corrected chi connectivity index (χ4v) is 2.63. The summed E-state index contributed by atoms with van der Waals surface area (Å²) in [5.74, 6) is 1.52. The number of fused-ring (bicyclic) bond motifs is 3. The van der Waals surface area contributed by atoms with E-state index < -0.39 is 0 Å². The van der Waals surface area contributed by atoms with E-state index in [9.17, 15) is 0 Å². The predicted octanol–water partition coefficient (Wildman–Crippen LogP) is 1.34. The van der Waals surface area contributed by atoms with Gasteiger partial charge in [0.05, 0.1) is 6.20 Å². The second kappa shape index (κ2) is 4.12. The molecule has 2 N–H and O–H groups in total. The van der Waals surface area contributed by atoms with Gasteiger partial charge in [0.2, 0.25) is 0 Å². The van der Waals surface area contributed by atoms with E-state index in [4.69, 9.17) is 11.0 Å². The van der Waals surface area contributed by atoms with E-state index in [-0.39, 0.29) is 0 Å². The van der Waals surface area contributed by atoms with Crippen molar-refractivity contribution in [3.05, 3.63) is 17.3 Å². The third-order valence-electron chi connectivity index (χ3n) is 3.87. The summed E-state index contributed by atoms with van der Waals surface area (Å²) < 4.78 is 1.75. The topological polar surface area (TPSA) is 83.2 Å². The fraction of sp³-hybridized carbons (Fsp3) is 0.462. The zero-order valence-corrected chi connectivity index (χ0v) is 11.1. The molecule has 0 aromatic carbocycles. The van der Waals surface area contributed by atoms with E-state index in [1.165, 1.54) is 0 Å². The maximum Gasteiger partial charge on any atom is 0.177 e. The molecule has 0 fully saturated rings. The lowest BCUT2D eigenvalue weighted by atomic mass is 10.2. The minimum absolute atomic E-state index is 0.418. The van der Waals surface area contributed by atoms with Crippen LogP contribution in [0, 0.1) is 11.3 Å². The smallest absolute Gasteiger partial charge is 0.177 e. The molecule has 0 radical (unpaired) electrons. The zero-order chi connectivity index (χ0) is 13.6. The lowest BCUT2D eigenvalue weighted by Crippen LogP contribution is -2.32. The Kier molecular flexibility index (Phi) is 2.56. The van der Waals surface area contributed by atoms with E-state index >= 15 is 0 Å². The normalized spacial score (nSPS) is 15.5. The number of hydrogen-bond acceptors (Lipinski definition) is 5. The molecule has 0 amide bonds. The minimum atomic E-state index is 0.418. The molecule has 0 saturated heterocycles. The average Bonchev–Trinajstić information content (AvgIpc) is 3.01. The van der Waals surface area contributed by atoms with E-state index in [0.29, 0.717) is 23.1 Å². The van der Waals surface area contributed by atoms with Gasteiger partial charge in [0.15, 0.2) is 5.65 Å². The first-order chi connectivity index (χ1) is 9.17. The standard InChI is InChI=1S/C13H16N6/c1-3-8(2)18-5-4-10-11(15)17-12-9(6-14)7-16-19(12)13(10)18/h7-8H,3-5H2,1-2H3,(H2,15,17). The number of aromatic nitrogens is 3. The van der Waals surface area contributed by atoms with Crippen molar-refractivity contribution in [3.63, 3.8) is 0 Å². The number of nitrogens with zero attached hydrogens (tertiary/aromatic N) is 5. The minimum Gasteiger partial charge on any atom is -0.383 e. The van der Waals surface area contributed by atoms with Crippen molar-refractivity contribution in [1.29, 1.82) is 5.26 Å². The van der Waals surface area contributed by atoms with Crippen LogP contribution >= 0.6 is 0 Å². The SMILES string of the molecule is CCC(C)N1CCc2c(N)nc3c(C#N)cnn3c21. The molecule has 1 atom stereocenters. The van der Waals surface area contributed by atoms with Crippen molar-refractivity contribution in [2.45, 2.75) is 32.7 Å². The molecule has 0 bridgehead atoms. The molecule has 6 nitrogen and oxygen atoms in total. The third kappa shape index (κ3) is 1.55. The zero-order valence-electron chi connectivity index (χ0n) is 11.1. The summed E-state index contributed by atoms with van der Waals surface area (Å²) in [5.41, 5.74) is 8.09. The van der Waals surface area contributed by atoms with Crippen LogP contribution in [-0.2, 0) is 6.42 Å². The van der Waals surface area contributed by atoms with Crippen LogP contribution < -0.4 is 10.6 Å². The van der Waals surface area contributed by atoms with Crippen LogP contribution in [0.15, 0.2) is 6.20 Å². The highest BCUT2D eigenvalue weighted by atomic mass is 15.4. The van der Waals surface area contributed by atoms with Crippen LogP contribution in [0.25, 0.3) is 5.65 Å². The molecule has 19 heavy (non-hydrogen) atoms. The summed E-state index contributed by atoms with van der Waals surface area (Å²) in [6, 6.07) is 2.52. The maximum absolute atomic E-state index is 9.09. The van der Waals surface area contributed by atoms with Gasteiger partial charge in [-0.3, -0.25) is 0 Å². The molecule has 2 aromatic rings. The van der Waals surface area contributed by atoms with Gasteiger partial charge in [0.1, 0.15) is 23.3 Å². The lowest BCUT2D eigenvalue weighted by Gasteiger charge is -2.26. The number of nitrogen functional groups attached to an aromatic ring is 1. The molecule has 0 aliphatic carbocycles. The highest BCUT2D eigenvalue weighted by molar-refractivity contribution is 5.70. The monoisotopic (exact) mass is 256 g/mol. The maximum atomic E-state index is 9.09. The van der Waals surface area contributed by atoms with Crippen molar-refractivity contribution in [3.8, 4) is 6.07 Å².